The van der Waals surface area contributed by atoms with Gasteiger partial charge < -0.3 is 0 Å². The van der Waals surface area contributed by atoms with E-state index in [1.807, 2.05) is 0 Å². The van der Waals surface area contributed by atoms with Gasteiger partial charge in [-0.15, -0.1) is 0 Å². The predicted molar refractivity (Wildman–Crippen MR) is 103 cm³/mol. The fraction of sp³-hybridized carbons (Fsp3) is 0.947. The quantitative estimate of drug-likeness (QED) is 0.134. The Morgan fingerprint density at radius 1 is 0.550 bits per heavy atom. The van der Waals surface area contributed by atoms with Crippen LogP contribution < -0.4 is 0 Å². The Hall–Kier alpha value is 0.730. The van der Waals surface area contributed by atoms with Crippen LogP contribution in [0.5, 0.6) is 0 Å². The molecule has 0 unspecified atom stereocenters. The molecule has 121 valence electrons. The zero-order chi connectivity index (χ0) is 14.7. The molecule has 0 aliphatic heterocycles. The van der Waals surface area contributed by atoms with E-state index in [2.05, 4.69) is 35.9 Å². The van der Waals surface area contributed by atoms with Crippen molar-refractivity contribution >= 4 is 22.6 Å². The summed E-state index contributed by atoms with van der Waals surface area (Å²) in [5.74, 6) is 0. The fourth-order valence-electron chi connectivity index (χ4n) is 2.66. The van der Waals surface area contributed by atoms with Crippen LogP contribution in [0.3, 0.4) is 0 Å². The maximum Gasteiger partial charge on any atom is -0.000473 e. The molecule has 1 radical (unpaired) electrons. The summed E-state index contributed by atoms with van der Waals surface area (Å²) in [6.07, 6.45) is 25.5. The van der Waals surface area contributed by atoms with Crippen LogP contribution in [0.25, 0.3) is 0 Å². The van der Waals surface area contributed by atoms with E-state index in [4.69, 9.17) is 0 Å². The second-order valence-corrected chi connectivity index (χ2v) is 7.23. The third kappa shape index (κ3) is 18.7. The molecule has 0 aromatic heterocycles. The molecule has 0 aromatic rings. The summed E-state index contributed by atoms with van der Waals surface area (Å²) in [7, 11) is 0. The van der Waals surface area contributed by atoms with Gasteiger partial charge in [-0.3, -0.25) is 0 Å². The Morgan fingerprint density at radius 2 is 0.950 bits per heavy atom. The second-order valence-electron chi connectivity index (χ2n) is 6.15. The monoisotopic (exact) mass is 393 g/mol. The molecule has 0 atom stereocenters. The maximum absolute atomic E-state index is 2.54. The van der Waals surface area contributed by atoms with Crippen molar-refractivity contribution in [3.8, 4) is 0 Å². The summed E-state index contributed by atoms with van der Waals surface area (Å²) in [5, 5.41) is 0. The van der Waals surface area contributed by atoms with E-state index in [1.54, 1.807) is 0 Å². The Bertz CT molecular complexity index is 138. The first kappa shape index (κ1) is 20.7. The molecule has 0 spiro atoms. The average Bonchev–Trinajstić information content (AvgIpc) is 2.47. The summed E-state index contributed by atoms with van der Waals surface area (Å²) in [6, 6.07) is 0. The molecule has 0 aromatic carbocycles. The molecule has 0 heterocycles. The van der Waals surface area contributed by atoms with Gasteiger partial charge in [0.1, 0.15) is 0 Å². The molecular formula is C19H38I. The van der Waals surface area contributed by atoms with Crippen molar-refractivity contribution < 1.29 is 0 Å². The molecule has 0 aliphatic carbocycles. The molecule has 0 nitrogen and oxygen atoms in total. The molecular weight excluding hydrogens is 355 g/mol. The van der Waals surface area contributed by atoms with Crippen molar-refractivity contribution in [2.45, 2.75) is 110 Å². The smallest absolute Gasteiger partial charge is 0.000473 e. The summed E-state index contributed by atoms with van der Waals surface area (Å²) in [4.78, 5) is 0. The van der Waals surface area contributed by atoms with Crippen LogP contribution in [-0.4, -0.2) is 4.43 Å². The van der Waals surface area contributed by atoms with Crippen molar-refractivity contribution in [3.63, 3.8) is 0 Å². The topological polar surface area (TPSA) is 0 Å². The molecule has 0 amide bonds. The van der Waals surface area contributed by atoms with Gasteiger partial charge in [0.15, 0.2) is 0 Å². The molecule has 0 saturated heterocycles. The third-order valence-corrected chi connectivity index (χ3v) is 4.82. The van der Waals surface area contributed by atoms with E-state index >= 15 is 0 Å². The van der Waals surface area contributed by atoms with Gasteiger partial charge in [-0.05, 0) is 17.3 Å². The molecule has 0 saturated carbocycles. The highest BCUT2D eigenvalue weighted by atomic mass is 127. The standard InChI is InChI=1S/C19H38I/c1-2-3-4-5-6-7-8-9-10-11-12-13-14-15-16-17-18-19-20/h10H,2-9,11-19H2,1H3. The van der Waals surface area contributed by atoms with Crippen LogP contribution >= 0.6 is 22.6 Å². The van der Waals surface area contributed by atoms with Gasteiger partial charge in [-0.2, -0.15) is 0 Å². The molecule has 0 rings (SSSR count). The predicted octanol–water partition coefficient (Wildman–Crippen LogP) is 7.89. The highest BCUT2D eigenvalue weighted by Crippen LogP contribution is 2.13. The van der Waals surface area contributed by atoms with Crippen molar-refractivity contribution in [1.29, 1.82) is 0 Å². The van der Waals surface area contributed by atoms with Crippen LogP contribution in [0.4, 0.5) is 0 Å². The van der Waals surface area contributed by atoms with Gasteiger partial charge in [0.25, 0.3) is 0 Å². The van der Waals surface area contributed by atoms with E-state index in [1.165, 1.54) is 107 Å². The molecule has 0 N–H and O–H groups in total. The van der Waals surface area contributed by atoms with E-state index in [0.29, 0.717) is 0 Å². The fourth-order valence-corrected chi connectivity index (χ4v) is 3.20. The van der Waals surface area contributed by atoms with E-state index < -0.39 is 0 Å². The van der Waals surface area contributed by atoms with Gasteiger partial charge in [0.05, 0.1) is 0 Å². The second kappa shape index (κ2) is 19.7. The first-order valence-corrected chi connectivity index (χ1v) is 10.8. The third-order valence-electron chi connectivity index (χ3n) is 4.05. The van der Waals surface area contributed by atoms with Crippen LogP contribution in [0.2, 0.25) is 0 Å². The average molecular weight is 393 g/mol. The normalized spacial score (nSPS) is 11.1. The molecule has 1 heteroatoms. The number of rotatable bonds is 17. The lowest BCUT2D eigenvalue weighted by molar-refractivity contribution is 0.569. The Balaban J connectivity index is 2.89. The van der Waals surface area contributed by atoms with E-state index in [-0.39, 0.29) is 0 Å². The summed E-state index contributed by atoms with van der Waals surface area (Å²) < 4.78 is 1.34. The van der Waals surface area contributed by atoms with Gasteiger partial charge in [-0.1, -0.05) is 126 Å². The van der Waals surface area contributed by atoms with Crippen LogP contribution in [-0.2, 0) is 0 Å². The number of halogens is 1. The van der Waals surface area contributed by atoms with Gasteiger partial charge in [-0.25, -0.2) is 0 Å². The van der Waals surface area contributed by atoms with Crippen molar-refractivity contribution in [1.82, 2.24) is 0 Å². The van der Waals surface area contributed by atoms with E-state index in [9.17, 15) is 0 Å². The summed E-state index contributed by atoms with van der Waals surface area (Å²) in [6.45, 7) is 2.29. The van der Waals surface area contributed by atoms with Crippen molar-refractivity contribution in [2.75, 3.05) is 4.43 Å². The highest BCUT2D eigenvalue weighted by Gasteiger charge is 1.94. The summed E-state index contributed by atoms with van der Waals surface area (Å²) in [5.41, 5.74) is 0. The number of alkyl halides is 1. The molecule has 0 aliphatic rings. The van der Waals surface area contributed by atoms with Gasteiger partial charge in [0, 0.05) is 0 Å². The Morgan fingerprint density at radius 3 is 1.40 bits per heavy atom. The van der Waals surface area contributed by atoms with Crippen LogP contribution in [0.1, 0.15) is 110 Å². The lowest BCUT2D eigenvalue weighted by atomic mass is 10.0. The summed E-state index contributed by atoms with van der Waals surface area (Å²) >= 11 is 2.48. The van der Waals surface area contributed by atoms with Crippen LogP contribution in [0.15, 0.2) is 0 Å². The van der Waals surface area contributed by atoms with Gasteiger partial charge in [0.2, 0.25) is 0 Å². The van der Waals surface area contributed by atoms with Crippen molar-refractivity contribution in [3.05, 3.63) is 6.42 Å². The van der Waals surface area contributed by atoms with E-state index in [0.717, 1.165) is 0 Å². The Labute approximate surface area is 143 Å². The zero-order valence-electron chi connectivity index (χ0n) is 14.0. The number of hydrogen-bond donors (Lipinski definition) is 0. The van der Waals surface area contributed by atoms with Crippen LogP contribution in [0, 0.1) is 6.42 Å². The van der Waals surface area contributed by atoms with Crippen molar-refractivity contribution in [2.24, 2.45) is 0 Å². The highest BCUT2D eigenvalue weighted by molar-refractivity contribution is 14.1. The molecule has 0 fully saturated rings. The lowest BCUT2D eigenvalue weighted by Gasteiger charge is -2.03. The zero-order valence-corrected chi connectivity index (χ0v) is 16.1. The SMILES string of the molecule is CCCCCCCCC[CH]CCCCCCCCCI. The molecule has 20 heavy (non-hydrogen) atoms. The minimum atomic E-state index is 1.34. The van der Waals surface area contributed by atoms with Gasteiger partial charge >= 0.3 is 0 Å². The number of unbranched alkanes of at least 4 members (excludes halogenated alkanes) is 16. The first-order valence-electron chi connectivity index (χ1n) is 9.29. The maximum atomic E-state index is 2.54. The first-order chi connectivity index (χ1) is 9.91. The Kier molecular flexibility index (Phi) is 20.5. The minimum Gasteiger partial charge on any atom is -0.0864 e. The minimum absolute atomic E-state index is 1.34. The number of hydrogen-bond acceptors (Lipinski definition) is 0. The lowest BCUT2D eigenvalue weighted by Crippen LogP contribution is -1.84. The molecule has 0 bridgehead atoms. The largest absolute Gasteiger partial charge is 0.0864 e.